The standard InChI is InChI=1S/C76H137N3O28/c1-5-7-9-11-13-15-17-19-20-21-22-23-24-25-26-28-30-32-34-36-38-40-56(88)79-49(50(87)39-37-35-33-31-29-27-18-16-14-12-10-8-6-2)46-98-74-65(95)63(93)68(54(44-83)102-74)104-75-66(96)64(94)69(55(45-84)103-75)105-76-67(97)71(61(91)53(43-82)101-76)107-73-58(78-48(4)86)70(60(90)52(42-81)100-73)106-72-57(77-47(3)85)62(92)59(89)51(41-80)99-72/h19-20,37,39,49-55,57-76,80-84,87,89-97H,5-18,21-36,38,40-46H2,1-4H3,(H,77,85)(H,78,86)(H,79,88)/b20-19-,39-37+/t49-,50+,51?,52?,53?,54?,55?,57?,58?,59-,60-,61-,62+,63+,64+,65?,66?,67?,68+,69-,70+,71-,72+,73-,74+,75-,76-/m0/s1. The number of unbranched alkanes of at least 4 members (excludes halogenated alkanes) is 28. The van der Waals surface area contributed by atoms with Gasteiger partial charge in [0, 0.05) is 20.3 Å². The average molecular weight is 1540 g/mol. The van der Waals surface area contributed by atoms with Crippen LogP contribution in [-0.2, 0) is 61.8 Å². The number of ether oxygens (including phenoxy) is 10. The van der Waals surface area contributed by atoms with Crippen molar-refractivity contribution in [1.82, 2.24) is 16.0 Å². The summed E-state index contributed by atoms with van der Waals surface area (Å²) in [4.78, 5) is 38.6. The van der Waals surface area contributed by atoms with Crippen molar-refractivity contribution in [3.8, 4) is 0 Å². The summed E-state index contributed by atoms with van der Waals surface area (Å²) in [5, 5.41) is 174. The van der Waals surface area contributed by atoms with E-state index in [2.05, 4.69) is 41.9 Å². The van der Waals surface area contributed by atoms with Crippen LogP contribution in [0.15, 0.2) is 24.3 Å². The van der Waals surface area contributed by atoms with Gasteiger partial charge in [-0.25, -0.2) is 0 Å². The van der Waals surface area contributed by atoms with Crippen molar-refractivity contribution in [3.63, 3.8) is 0 Å². The van der Waals surface area contributed by atoms with E-state index in [1.54, 1.807) is 6.08 Å². The fourth-order valence-corrected chi connectivity index (χ4v) is 14.4. The minimum absolute atomic E-state index is 0.192. The van der Waals surface area contributed by atoms with Gasteiger partial charge in [-0.05, 0) is 44.9 Å². The molecular weight excluding hydrogens is 1400 g/mol. The van der Waals surface area contributed by atoms with E-state index in [0.717, 1.165) is 71.6 Å². The van der Waals surface area contributed by atoms with E-state index in [4.69, 9.17) is 47.4 Å². The van der Waals surface area contributed by atoms with Gasteiger partial charge in [0.15, 0.2) is 31.5 Å². The van der Waals surface area contributed by atoms with Crippen molar-refractivity contribution < 1.29 is 138 Å². The van der Waals surface area contributed by atoms with E-state index in [9.17, 15) is 91.0 Å². The molecule has 0 aromatic heterocycles. The molecule has 31 heteroatoms. The highest BCUT2D eigenvalue weighted by atomic mass is 16.8. The fraction of sp³-hybridized carbons (Fsp3) is 0.908. The lowest BCUT2D eigenvalue weighted by Gasteiger charge is -2.50. The Morgan fingerprint density at radius 3 is 1.17 bits per heavy atom. The van der Waals surface area contributed by atoms with Crippen molar-refractivity contribution in [2.75, 3.05) is 39.6 Å². The number of carbonyl (C=O) groups is 3. The molecule has 0 bridgehead atoms. The molecule has 0 aromatic carbocycles. The SMILES string of the molecule is CCCCCCCC/C=C\CCCCCCCCCCCCCC(=O)N[C@@H](CO[C@@H]1OC(CO)[C@@H](O[C@@H]2OC(CO)[C@H](O[C@@H]3OC(CO)[C@H](O)[C@H](O[C@@H]4OC(CO)[C@H](O)[C@H](O[C@H]5OC(CO)[C@H](O)[C@H](O)C5NC(C)=O)C4NC(C)=O)C3O)[C@H](O)C2O)[C@H](O)C1O)[C@H](O)/C=C/CCCCCCCCCCCCC. The first-order valence-electron chi connectivity index (χ1n) is 40.1. The second-order valence-corrected chi connectivity index (χ2v) is 29.6. The second-order valence-electron chi connectivity index (χ2n) is 29.6. The maximum absolute atomic E-state index is 13.5. The van der Waals surface area contributed by atoms with Crippen LogP contribution in [-0.4, -0.2) is 300 Å². The molecule has 27 atom stereocenters. The predicted octanol–water partition coefficient (Wildman–Crippen LogP) is 1.87. The second kappa shape index (κ2) is 53.1. The molecule has 3 amide bonds. The Balaban J connectivity index is 1.17. The summed E-state index contributed by atoms with van der Waals surface area (Å²) in [5.74, 6) is -1.87. The maximum atomic E-state index is 13.5. The normalized spacial score (nSPS) is 34.1. The van der Waals surface area contributed by atoms with Gasteiger partial charge in [0.25, 0.3) is 0 Å². The molecule has 107 heavy (non-hydrogen) atoms. The molecule has 0 saturated carbocycles. The Morgan fingerprint density at radius 2 is 0.710 bits per heavy atom. The van der Waals surface area contributed by atoms with Gasteiger partial charge in [0.1, 0.15) is 122 Å². The third kappa shape index (κ3) is 31.7. The molecule has 5 heterocycles. The van der Waals surface area contributed by atoms with Gasteiger partial charge in [-0.2, -0.15) is 0 Å². The van der Waals surface area contributed by atoms with Gasteiger partial charge < -0.3 is 140 Å². The maximum Gasteiger partial charge on any atom is 0.220 e. The monoisotopic (exact) mass is 1540 g/mol. The minimum atomic E-state index is -2.20. The first-order chi connectivity index (χ1) is 51.6. The molecule has 624 valence electrons. The lowest BCUT2D eigenvalue weighted by Crippen LogP contribution is -2.71. The first-order valence-corrected chi connectivity index (χ1v) is 40.1. The summed E-state index contributed by atoms with van der Waals surface area (Å²) < 4.78 is 59.1. The highest BCUT2D eigenvalue weighted by Crippen LogP contribution is 2.37. The van der Waals surface area contributed by atoms with Gasteiger partial charge >= 0.3 is 0 Å². The third-order valence-electron chi connectivity index (χ3n) is 20.8. The molecule has 5 aliphatic heterocycles. The first kappa shape index (κ1) is 94.5. The molecule has 0 aliphatic carbocycles. The van der Waals surface area contributed by atoms with Crippen molar-refractivity contribution in [1.29, 1.82) is 0 Å². The zero-order valence-electron chi connectivity index (χ0n) is 63.8. The van der Waals surface area contributed by atoms with Crippen LogP contribution in [0.2, 0.25) is 0 Å². The van der Waals surface area contributed by atoms with Crippen molar-refractivity contribution in [3.05, 3.63) is 24.3 Å². The summed E-state index contributed by atoms with van der Waals surface area (Å²) in [5.41, 5.74) is 0. The summed E-state index contributed by atoms with van der Waals surface area (Å²) in [7, 11) is 0. The molecular formula is C76H137N3O28. The summed E-state index contributed by atoms with van der Waals surface area (Å²) in [6.45, 7) is 1.40. The largest absolute Gasteiger partial charge is 0.394 e. The number of rotatable bonds is 54. The summed E-state index contributed by atoms with van der Waals surface area (Å²) in [6.07, 6.45) is 0.172. The van der Waals surface area contributed by atoms with Crippen LogP contribution in [0.3, 0.4) is 0 Å². The topological polar surface area (TPSA) is 483 Å². The van der Waals surface area contributed by atoms with Crippen LogP contribution in [0.5, 0.6) is 0 Å². The highest BCUT2D eigenvalue weighted by molar-refractivity contribution is 5.76. The number of hydrogen-bond donors (Lipinski definition) is 18. The number of amides is 3. The molecule has 18 N–H and O–H groups in total. The quantitative estimate of drug-likeness (QED) is 0.0305. The average Bonchev–Trinajstić information content (AvgIpc) is 0.772. The molecule has 5 saturated heterocycles. The summed E-state index contributed by atoms with van der Waals surface area (Å²) in [6, 6.07) is -4.33. The van der Waals surface area contributed by atoms with Crippen LogP contribution in [0.4, 0.5) is 0 Å². The Hall–Kier alpha value is -3.11. The molecule has 0 radical (unpaired) electrons. The Morgan fingerprint density at radius 1 is 0.364 bits per heavy atom. The molecule has 5 fully saturated rings. The molecule has 5 aliphatic rings. The lowest BCUT2D eigenvalue weighted by molar-refractivity contribution is -0.388. The van der Waals surface area contributed by atoms with Gasteiger partial charge in [-0.15, -0.1) is 0 Å². The number of hydrogen-bond acceptors (Lipinski definition) is 28. The Bertz CT molecular complexity index is 2430. The lowest BCUT2D eigenvalue weighted by atomic mass is 9.93. The van der Waals surface area contributed by atoms with Crippen LogP contribution in [0, 0.1) is 0 Å². The number of nitrogens with one attached hydrogen (secondary N) is 3. The third-order valence-corrected chi connectivity index (χ3v) is 20.8. The van der Waals surface area contributed by atoms with E-state index in [-0.39, 0.29) is 12.3 Å². The van der Waals surface area contributed by atoms with Gasteiger partial charge in [0.2, 0.25) is 17.7 Å². The van der Waals surface area contributed by atoms with Crippen LogP contribution < -0.4 is 16.0 Å². The number of aliphatic hydroxyl groups excluding tert-OH is 15. The molecule has 31 nitrogen and oxygen atoms in total. The van der Waals surface area contributed by atoms with Crippen LogP contribution in [0.1, 0.15) is 233 Å². The van der Waals surface area contributed by atoms with E-state index >= 15 is 0 Å². The van der Waals surface area contributed by atoms with E-state index < -0.39 is 217 Å². The van der Waals surface area contributed by atoms with Crippen molar-refractivity contribution in [2.45, 2.75) is 399 Å². The molecule has 0 spiro atoms. The zero-order valence-corrected chi connectivity index (χ0v) is 63.8. The number of carbonyl (C=O) groups excluding carboxylic acids is 3. The van der Waals surface area contributed by atoms with E-state index in [0.29, 0.717) is 12.8 Å². The summed E-state index contributed by atoms with van der Waals surface area (Å²) >= 11 is 0. The molecule has 0 aromatic rings. The fourth-order valence-electron chi connectivity index (χ4n) is 14.4. The van der Waals surface area contributed by atoms with Gasteiger partial charge in [0.05, 0.1) is 51.8 Å². The minimum Gasteiger partial charge on any atom is -0.394 e. The van der Waals surface area contributed by atoms with Gasteiger partial charge in [-0.1, -0.05) is 192 Å². The van der Waals surface area contributed by atoms with E-state index in [1.165, 1.54) is 128 Å². The predicted molar refractivity (Wildman–Crippen MR) is 389 cm³/mol. The van der Waals surface area contributed by atoms with Crippen molar-refractivity contribution >= 4 is 17.7 Å². The number of aliphatic hydroxyl groups is 15. The molecule has 5 rings (SSSR count). The van der Waals surface area contributed by atoms with Gasteiger partial charge in [-0.3, -0.25) is 14.4 Å². The van der Waals surface area contributed by atoms with Crippen molar-refractivity contribution in [2.24, 2.45) is 0 Å². The Kier molecular flexibility index (Phi) is 46.8. The van der Waals surface area contributed by atoms with Crippen LogP contribution >= 0.6 is 0 Å². The number of allylic oxidation sites excluding steroid dienone is 3. The Labute approximate surface area is 632 Å². The molecule has 10 unspecified atom stereocenters. The van der Waals surface area contributed by atoms with Crippen LogP contribution in [0.25, 0.3) is 0 Å². The zero-order chi connectivity index (χ0) is 78.2. The van der Waals surface area contributed by atoms with E-state index in [1.807, 2.05) is 6.08 Å². The highest BCUT2D eigenvalue weighted by Gasteiger charge is 2.57. The smallest absolute Gasteiger partial charge is 0.220 e.